The molecule has 0 aliphatic carbocycles. The van der Waals surface area contributed by atoms with Gasteiger partial charge in [0.25, 0.3) is 0 Å². The second-order valence-electron chi connectivity index (χ2n) is 3.42. The summed E-state index contributed by atoms with van der Waals surface area (Å²) >= 11 is 0. The lowest BCUT2D eigenvalue weighted by molar-refractivity contribution is 0.370. The van der Waals surface area contributed by atoms with Crippen molar-refractivity contribution >= 4 is 10.2 Å². The average Bonchev–Trinajstić information content (AvgIpc) is 2.05. The van der Waals surface area contributed by atoms with Crippen LogP contribution < -0.4 is 10.6 Å². The minimum atomic E-state index is 0.531. The first-order chi connectivity index (χ1) is 5.74. The Bertz CT molecular complexity index is 92.5. The van der Waals surface area contributed by atoms with Crippen LogP contribution in [0.4, 0.5) is 0 Å². The van der Waals surface area contributed by atoms with Gasteiger partial charge < -0.3 is 10.6 Å². The minimum absolute atomic E-state index is 0.531. The molecule has 74 valence electrons. The topological polar surface area (TPSA) is 24.1 Å². The Hall–Kier alpha value is 0.137. The van der Waals surface area contributed by atoms with Crippen molar-refractivity contribution in [2.24, 2.45) is 5.92 Å². The van der Waals surface area contributed by atoms with Gasteiger partial charge in [0.05, 0.1) is 6.17 Å². The van der Waals surface area contributed by atoms with Crippen LogP contribution in [0, 0.1) is 5.92 Å². The van der Waals surface area contributed by atoms with E-state index in [-0.39, 0.29) is 0 Å². The molecule has 2 nitrogen and oxygen atoms in total. The standard InChI is InChI=1S/C9H24N2Si/c1-4-10-9(11-5-2)6-8(3)7-12/h8-11H,4-7H2,1-3,12H3. The highest BCUT2D eigenvalue weighted by molar-refractivity contribution is 6.08. The Labute approximate surface area is 79.9 Å². The van der Waals surface area contributed by atoms with Gasteiger partial charge in [0.1, 0.15) is 0 Å². The average molecular weight is 188 g/mol. The summed E-state index contributed by atoms with van der Waals surface area (Å²) in [6.07, 6.45) is 1.80. The molecule has 0 aromatic rings. The quantitative estimate of drug-likeness (QED) is 0.445. The SMILES string of the molecule is CCNC(CC(C)C[SiH3])NCC. The van der Waals surface area contributed by atoms with E-state index >= 15 is 0 Å². The van der Waals surface area contributed by atoms with Crippen LogP contribution in [-0.2, 0) is 0 Å². The summed E-state index contributed by atoms with van der Waals surface area (Å²) in [4.78, 5) is 0. The largest absolute Gasteiger partial charge is 0.302 e. The monoisotopic (exact) mass is 188 g/mol. The van der Waals surface area contributed by atoms with Crippen LogP contribution in [0.1, 0.15) is 27.2 Å². The lowest BCUT2D eigenvalue weighted by atomic mass is 10.1. The van der Waals surface area contributed by atoms with Gasteiger partial charge in [-0.05, 0) is 25.4 Å². The summed E-state index contributed by atoms with van der Waals surface area (Å²) in [6, 6.07) is 1.41. The lowest BCUT2D eigenvalue weighted by Crippen LogP contribution is -2.43. The number of hydrogen-bond donors (Lipinski definition) is 2. The fourth-order valence-corrected chi connectivity index (χ4v) is 1.63. The van der Waals surface area contributed by atoms with Gasteiger partial charge in [-0.3, -0.25) is 0 Å². The molecule has 0 saturated heterocycles. The van der Waals surface area contributed by atoms with E-state index in [0.29, 0.717) is 6.17 Å². The van der Waals surface area contributed by atoms with E-state index in [1.54, 1.807) is 0 Å². The zero-order valence-electron chi connectivity index (χ0n) is 8.98. The molecule has 1 unspecified atom stereocenters. The van der Waals surface area contributed by atoms with Gasteiger partial charge in [0, 0.05) is 10.2 Å². The third-order valence-corrected chi connectivity index (χ3v) is 3.63. The molecule has 0 radical (unpaired) electrons. The molecule has 0 bridgehead atoms. The maximum absolute atomic E-state index is 3.45. The number of hydrogen-bond acceptors (Lipinski definition) is 2. The smallest absolute Gasteiger partial charge is 0.0573 e. The molecule has 0 saturated carbocycles. The molecule has 0 rings (SSSR count). The first kappa shape index (κ1) is 12.1. The van der Waals surface area contributed by atoms with Crippen molar-refractivity contribution in [2.75, 3.05) is 13.1 Å². The Kier molecular flexibility index (Phi) is 7.86. The predicted molar refractivity (Wildman–Crippen MR) is 59.7 cm³/mol. The summed E-state index contributed by atoms with van der Waals surface area (Å²) in [6.45, 7) is 8.79. The van der Waals surface area contributed by atoms with E-state index in [1.165, 1.54) is 22.7 Å². The van der Waals surface area contributed by atoms with Gasteiger partial charge in [0.15, 0.2) is 0 Å². The molecular weight excluding hydrogens is 164 g/mol. The Morgan fingerprint density at radius 1 is 1.17 bits per heavy atom. The van der Waals surface area contributed by atoms with Crippen molar-refractivity contribution < 1.29 is 0 Å². The van der Waals surface area contributed by atoms with Crippen molar-refractivity contribution in [1.82, 2.24) is 10.6 Å². The second kappa shape index (κ2) is 7.77. The van der Waals surface area contributed by atoms with Crippen LogP contribution in [-0.4, -0.2) is 29.5 Å². The Morgan fingerprint density at radius 3 is 2.00 bits per heavy atom. The van der Waals surface area contributed by atoms with E-state index in [0.717, 1.165) is 19.0 Å². The van der Waals surface area contributed by atoms with Crippen LogP contribution in [0.3, 0.4) is 0 Å². The number of nitrogens with one attached hydrogen (secondary N) is 2. The van der Waals surface area contributed by atoms with Crippen molar-refractivity contribution in [3.05, 3.63) is 0 Å². The van der Waals surface area contributed by atoms with E-state index in [4.69, 9.17) is 0 Å². The lowest BCUT2D eigenvalue weighted by Gasteiger charge is -2.21. The number of rotatable bonds is 7. The molecular formula is C9H24N2Si. The van der Waals surface area contributed by atoms with Crippen LogP contribution in [0.2, 0.25) is 6.04 Å². The van der Waals surface area contributed by atoms with Crippen LogP contribution >= 0.6 is 0 Å². The zero-order chi connectivity index (χ0) is 9.40. The molecule has 0 aliphatic heterocycles. The molecule has 0 aromatic heterocycles. The van der Waals surface area contributed by atoms with Gasteiger partial charge in [0.2, 0.25) is 0 Å². The first-order valence-corrected chi connectivity index (χ1v) is 6.62. The molecule has 2 N–H and O–H groups in total. The van der Waals surface area contributed by atoms with Gasteiger partial charge in [-0.1, -0.05) is 26.8 Å². The maximum Gasteiger partial charge on any atom is 0.0573 e. The fraction of sp³-hybridized carbons (Fsp3) is 1.00. The van der Waals surface area contributed by atoms with Crippen molar-refractivity contribution in [2.45, 2.75) is 39.4 Å². The van der Waals surface area contributed by atoms with Crippen molar-refractivity contribution in [1.29, 1.82) is 0 Å². The highest BCUT2D eigenvalue weighted by Crippen LogP contribution is 2.07. The van der Waals surface area contributed by atoms with E-state index in [9.17, 15) is 0 Å². The fourth-order valence-electron chi connectivity index (χ4n) is 1.30. The highest BCUT2D eigenvalue weighted by atomic mass is 28.1. The third-order valence-electron chi connectivity index (χ3n) is 2.24. The summed E-state index contributed by atoms with van der Waals surface area (Å²) in [5, 5.41) is 6.91. The molecule has 0 amide bonds. The van der Waals surface area contributed by atoms with E-state index < -0.39 is 0 Å². The first-order valence-electron chi connectivity index (χ1n) is 5.21. The molecule has 0 spiro atoms. The van der Waals surface area contributed by atoms with E-state index in [2.05, 4.69) is 31.4 Å². The van der Waals surface area contributed by atoms with Gasteiger partial charge in [-0.15, -0.1) is 0 Å². The molecule has 0 heterocycles. The Morgan fingerprint density at radius 2 is 1.67 bits per heavy atom. The maximum atomic E-state index is 3.45. The molecule has 3 heteroatoms. The minimum Gasteiger partial charge on any atom is -0.302 e. The molecule has 12 heavy (non-hydrogen) atoms. The summed E-state index contributed by atoms with van der Waals surface area (Å²) in [7, 11) is 1.33. The van der Waals surface area contributed by atoms with Crippen LogP contribution in [0.15, 0.2) is 0 Å². The molecule has 0 aliphatic rings. The van der Waals surface area contributed by atoms with Crippen molar-refractivity contribution in [3.8, 4) is 0 Å². The second-order valence-corrected chi connectivity index (χ2v) is 4.23. The molecule has 0 aromatic carbocycles. The van der Waals surface area contributed by atoms with E-state index in [1.807, 2.05) is 0 Å². The van der Waals surface area contributed by atoms with Gasteiger partial charge in [-0.2, -0.15) is 0 Å². The van der Waals surface area contributed by atoms with Crippen molar-refractivity contribution in [3.63, 3.8) is 0 Å². The summed E-state index contributed by atoms with van der Waals surface area (Å²) < 4.78 is 0. The Balaban J connectivity index is 3.61. The third kappa shape index (κ3) is 5.74. The molecule has 1 atom stereocenters. The van der Waals surface area contributed by atoms with Crippen LogP contribution in [0.25, 0.3) is 0 Å². The normalized spacial score (nSPS) is 14.0. The summed E-state index contributed by atoms with van der Waals surface area (Å²) in [5.41, 5.74) is 0. The molecule has 0 fully saturated rings. The van der Waals surface area contributed by atoms with Gasteiger partial charge in [-0.25, -0.2) is 0 Å². The zero-order valence-corrected chi connectivity index (χ0v) is 11.0. The summed E-state index contributed by atoms with van der Waals surface area (Å²) in [5.74, 6) is 0.875. The van der Waals surface area contributed by atoms with Crippen LogP contribution in [0.5, 0.6) is 0 Å². The highest BCUT2D eigenvalue weighted by Gasteiger charge is 2.08. The van der Waals surface area contributed by atoms with Gasteiger partial charge >= 0.3 is 0 Å². The predicted octanol–water partition coefficient (Wildman–Crippen LogP) is 0.341.